The highest BCUT2D eigenvalue weighted by Crippen LogP contribution is 2.27. The number of hydrogen-bond donors (Lipinski definition) is 2. The molecule has 0 fully saturated rings. The van der Waals surface area contributed by atoms with Crippen LogP contribution in [0.1, 0.15) is 18.1 Å². The SMILES string of the molecule is Cc1ccc(NC(=O)C(C)Sc2ncnc3nc[nH]c23)c(C)c1. The summed E-state index contributed by atoms with van der Waals surface area (Å²) in [5, 5.41) is 3.39. The van der Waals surface area contributed by atoms with Crippen molar-refractivity contribution >= 4 is 34.5 Å². The second-order valence-electron chi connectivity index (χ2n) is 5.35. The summed E-state index contributed by atoms with van der Waals surface area (Å²) in [4.78, 5) is 27.8. The fourth-order valence-corrected chi connectivity index (χ4v) is 3.12. The Hall–Kier alpha value is -2.41. The van der Waals surface area contributed by atoms with Crippen LogP contribution in [0.2, 0.25) is 0 Å². The van der Waals surface area contributed by atoms with Gasteiger partial charge in [0.05, 0.1) is 11.6 Å². The highest BCUT2D eigenvalue weighted by atomic mass is 32.2. The van der Waals surface area contributed by atoms with Crippen molar-refractivity contribution in [2.75, 3.05) is 5.32 Å². The van der Waals surface area contributed by atoms with Crippen LogP contribution >= 0.6 is 11.8 Å². The van der Waals surface area contributed by atoms with E-state index in [2.05, 4.69) is 25.3 Å². The van der Waals surface area contributed by atoms with Crippen molar-refractivity contribution in [2.24, 2.45) is 0 Å². The molecule has 0 aliphatic carbocycles. The van der Waals surface area contributed by atoms with Gasteiger partial charge in [-0.05, 0) is 32.4 Å². The Balaban J connectivity index is 1.74. The van der Waals surface area contributed by atoms with Gasteiger partial charge >= 0.3 is 0 Å². The minimum atomic E-state index is -0.294. The average molecular weight is 327 g/mol. The van der Waals surface area contributed by atoms with E-state index in [4.69, 9.17) is 0 Å². The molecule has 2 N–H and O–H groups in total. The summed E-state index contributed by atoms with van der Waals surface area (Å²) in [7, 11) is 0. The molecule has 2 aromatic heterocycles. The predicted molar refractivity (Wildman–Crippen MR) is 91.5 cm³/mol. The topological polar surface area (TPSA) is 83.6 Å². The molecule has 1 amide bonds. The van der Waals surface area contributed by atoms with Gasteiger partial charge in [0.15, 0.2) is 5.65 Å². The summed E-state index contributed by atoms with van der Waals surface area (Å²) in [6.07, 6.45) is 3.03. The molecule has 0 aliphatic heterocycles. The van der Waals surface area contributed by atoms with E-state index in [9.17, 15) is 4.79 Å². The van der Waals surface area contributed by atoms with Crippen molar-refractivity contribution < 1.29 is 4.79 Å². The molecular weight excluding hydrogens is 310 g/mol. The Morgan fingerprint density at radius 1 is 1.26 bits per heavy atom. The number of aromatic nitrogens is 4. The van der Waals surface area contributed by atoms with Gasteiger partial charge in [0.1, 0.15) is 16.9 Å². The molecule has 0 bridgehead atoms. The summed E-state index contributed by atoms with van der Waals surface area (Å²) in [5.41, 5.74) is 4.41. The monoisotopic (exact) mass is 327 g/mol. The summed E-state index contributed by atoms with van der Waals surface area (Å²) in [6, 6.07) is 5.96. The summed E-state index contributed by atoms with van der Waals surface area (Å²) in [6.45, 7) is 5.87. The average Bonchev–Trinajstić information content (AvgIpc) is 2.99. The fraction of sp³-hybridized carbons (Fsp3) is 0.250. The summed E-state index contributed by atoms with van der Waals surface area (Å²) in [5.74, 6) is -0.0618. The number of rotatable bonds is 4. The van der Waals surface area contributed by atoms with Crippen LogP contribution in [0.25, 0.3) is 11.2 Å². The van der Waals surface area contributed by atoms with Gasteiger partial charge in [-0.25, -0.2) is 15.0 Å². The molecule has 0 spiro atoms. The quantitative estimate of drug-likeness (QED) is 0.568. The molecule has 0 saturated heterocycles. The molecular formula is C16H17N5OS. The molecule has 118 valence electrons. The van der Waals surface area contributed by atoms with Gasteiger partial charge in [0.25, 0.3) is 0 Å². The third-order valence-corrected chi connectivity index (χ3v) is 4.59. The molecule has 0 aliphatic rings. The molecule has 1 atom stereocenters. The van der Waals surface area contributed by atoms with Gasteiger partial charge in [0.2, 0.25) is 5.91 Å². The number of imidazole rings is 1. The minimum Gasteiger partial charge on any atom is -0.341 e. The zero-order valence-corrected chi connectivity index (χ0v) is 13.9. The number of benzene rings is 1. The molecule has 0 saturated carbocycles. The van der Waals surface area contributed by atoms with Gasteiger partial charge in [0, 0.05) is 5.69 Å². The highest BCUT2D eigenvalue weighted by Gasteiger charge is 2.18. The maximum absolute atomic E-state index is 12.4. The van der Waals surface area contributed by atoms with Crippen molar-refractivity contribution in [3.05, 3.63) is 42.0 Å². The Labute approximate surface area is 138 Å². The molecule has 1 unspecified atom stereocenters. The number of amides is 1. The standard InChI is InChI=1S/C16H17N5OS/c1-9-4-5-12(10(2)6-9)21-15(22)11(3)23-16-13-14(18-7-17-13)19-8-20-16/h4-8,11H,1-3H3,(H,21,22)(H,17,18,19,20). The lowest BCUT2D eigenvalue weighted by Crippen LogP contribution is -2.23. The zero-order valence-electron chi connectivity index (χ0n) is 13.1. The third-order valence-electron chi connectivity index (χ3n) is 3.49. The molecule has 3 aromatic rings. The Morgan fingerprint density at radius 2 is 2.09 bits per heavy atom. The second-order valence-corrected chi connectivity index (χ2v) is 6.68. The maximum Gasteiger partial charge on any atom is 0.237 e. The van der Waals surface area contributed by atoms with E-state index < -0.39 is 0 Å². The van der Waals surface area contributed by atoms with Crippen molar-refractivity contribution in [1.29, 1.82) is 0 Å². The number of carbonyl (C=O) groups excluding carboxylic acids is 1. The molecule has 6 nitrogen and oxygen atoms in total. The normalized spacial score (nSPS) is 12.3. The zero-order chi connectivity index (χ0) is 16.4. The molecule has 0 radical (unpaired) electrons. The van der Waals surface area contributed by atoms with Crippen molar-refractivity contribution in [2.45, 2.75) is 31.0 Å². The van der Waals surface area contributed by atoms with Crippen LogP contribution in [0.15, 0.2) is 35.9 Å². The van der Waals surface area contributed by atoms with Crippen LogP contribution in [-0.4, -0.2) is 31.1 Å². The van der Waals surface area contributed by atoms with E-state index in [-0.39, 0.29) is 11.2 Å². The predicted octanol–water partition coefficient (Wildman–Crippen LogP) is 3.09. The first kappa shape index (κ1) is 15.5. The van der Waals surface area contributed by atoms with Crippen molar-refractivity contribution in [3.8, 4) is 0 Å². The lowest BCUT2D eigenvalue weighted by molar-refractivity contribution is -0.115. The number of carbonyl (C=O) groups is 1. The van der Waals surface area contributed by atoms with Crippen LogP contribution < -0.4 is 5.32 Å². The highest BCUT2D eigenvalue weighted by molar-refractivity contribution is 8.00. The lowest BCUT2D eigenvalue weighted by Gasteiger charge is -2.13. The van der Waals surface area contributed by atoms with Crippen LogP contribution in [0.5, 0.6) is 0 Å². The number of fused-ring (bicyclic) bond motifs is 1. The molecule has 3 rings (SSSR count). The van der Waals surface area contributed by atoms with E-state index in [1.807, 2.05) is 39.0 Å². The maximum atomic E-state index is 12.4. The van der Waals surface area contributed by atoms with Crippen LogP contribution in [0.4, 0.5) is 5.69 Å². The second kappa shape index (κ2) is 6.37. The van der Waals surface area contributed by atoms with Gasteiger partial charge < -0.3 is 10.3 Å². The number of aryl methyl sites for hydroxylation is 2. The van der Waals surface area contributed by atoms with Crippen molar-refractivity contribution in [1.82, 2.24) is 19.9 Å². The van der Waals surface area contributed by atoms with Gasteiger partial charge in [-0.1, -0.05) is 29.5 Å². The smallest absolute Gasteiger partial charge is 0.237 e. The van der Waals surface area contributed by atoms with Crippen LogP contribution in [0.3, 0.4) is 0 Å². The molecule has 7 heteroatoms. The van der Waals surface area contributed by atoms with E-state index >= 15 is 0 Å². The van der Waals surface area contributed by atoms with Gasteiger partial charge in [-0.2, -0.15) is 0 Å². The Morgan fingerprint density at radius 3 is 2.87 bits per heavy atom. The van der Waals surface area contributed by atoms with E-state index in [1.165, 1.54) is 23.7 Å². The third kappa shape index (κ3) is 3.34. The fourth-order valence-electron chi connectivity index (χ4n) is 2.24. The number of H-pyrrole nitrogens is 1. The van der Waals surface area contributed by atoms with Crippen molar-refractivity contribution in [3.63, 3.8) is 0 Å². The lowest BCUT2D eigenvalue weighted by atomic mass is 10.1. The molecule has 1 aromatic carbocycles. The molecule has 2 heterocycles. The number of thioether (sulfide) groups is 1. The first-order valence-corrected chi connectivity index (χ1v) is 8.11. The summed E-state index contributed by atoms with van der Waals surface area (Å²) >= 11 is 1.38. The van der Waals surface area contributed by atoms with E-state index in [0.717, 1.165) is 21.8 Å². The largest absolute Gasteiger partial charge is 0.341 e. The summed E-state index contributed by atoms with van der Waals surface area (Å²) < 4.78 is 0. The van der Waals surface area contributed by atoms with Gasteiger partial charge in [-0.3, -0.25) is 4.79 Å². The Bertz CT molecular complexity index is 861. The van der Waals surface area contributed by atoms with E-state index in [1.54, 1.807) is 6.33 Å². The Kier molecular flexibility index (Phi) is 4.29. The number of aromatic amines is 1. The van der Waals surface area contributed by atoms with Crippen LogP contribution in [0, 0.1) is 13.8 Å². The number of nitrogens with zero attached hydrogens (tertiary/aromatic N) is 3. The number of nitrogens with one attached hydrogen (secondary N) is 2. The van der Waals surface area contributed by atoms with Crippen LogP contribution in [-0.2, 0) is 4.79 Å². The molecule has 23 heavy (non-hydrogen) atoms. The van der Waals surface area contributed by atoms with Gasteiger partial charge in [-0.15, -0.1) is 0 Å². The first-order valence-electron chi connectivity index (χ1n) is 7.23. The van der Waals surface area contributed by atoms with E-state index in [0.29, 0.717) is 5.65 Å². The number of hydrogen-bond acceptors (Lipinski definition) is 5. The number of anilines is 1. The first-order chi connectivity index (χ1) is 11.0. The minimum absolute atomic E-state index is 0.0618.